The molecule has 1 rings (SSSR count). The van der Waals surface area contributed by atoms with Gasteiger partial charge in [0.1, 0.15) is 12.4 Å². The lowest BCUT2D eigenvalue weighted by molar-refractivity contribution is 0.330. The van der Waals surface area contributed by atoms with Crippen LogP contribution in [-0.2, 0) is 15.4 Å². The number of primary sulfonamides is 1. The molecule has 0 fully saturated rings. The average Bonchev–Trinajstić information content (AvgIpc) is 2.15. The molecule has 4 nitrogen and oxygen atoms in total. The summed E-state index contributed by atoms with van der Waals surface area (Å²) in [5.41, 5.74) is 1.01. The summed E-state index contributed by atoms with van der Waals surface area (Å²) in [7, 11) is -3.47. The third-order valence-corrected chi connectivity index (χ3v) is 3.06. The summed E-state index contributed by atoms with van der Waals surface area (Å²) in [6.07, 6.45) is 0. The van der Waals surface area contributed by atoms with Crippen molar-refractivity contribution in [3.05, 3.63) is 29.8 Å². The van der Waals surface area contributed by atoms with Crippen LogP contribution in [0.4, 0.5) is 0 Å². The van der Waals surface area contributed by atoms with Crippen LogP contribution in [0, 0.1) is 0 Å². The molecule has 5 heteroatoms. The minimum atomic E-state index is -3.47. The summed E-state index contributed by atoms with van der Waals surface area (Å²) < 4.78 is 27.1. The van der Waals surface area contributed by atoms with E-state index in [1.54, 1.807) is 0 Å². The highest BCUT2D eigenvalue weighted by Crippen LogP contribution is 2.30. The van der Waals surface area contributed by atoms with Crippen LogP contribution in [0.3, 0.4) is 0 Å². The molecule has 0 amide bonds. The first kappa shape index (κ1) is 14.0. The second kappa shape index (κ2) is 5.06. The van der Waals surface area contributed by atoms with Crippen molar-refractivity contribution in [2.45, 2.75) is 26.2 Å². The number of rotatable bonds is 4. The number of hydrogen-bond acceptors (Lipinski definition) is 3. The van der Waals surface area contributed by atoms with Gasteiger partial charge in [0.05, 0.1) is 5.75 Å². The van der Waals surface area contributed by atoms with E-state index in [1.165, 1.54) is 0 Å². The van der Waals surface area contributed by atoms with Gasteiger partial charge < -0.3 is 4.74 Å². The van der Waals surface area contributed by atoms with Crippen molar-refractivity contribution in [1.82, 2.24) is 0 Å². The zero-order chi connectivity index (χ0) is 13.1. The van der Waals surface area contributed by atoms with Crippen LogP contribution in [0.25, 0.3) is 0 Å². The molecule has 0 heterocycles. The topological polar surface area (TPSA) is 69.4 Å². The predicted molar refractivity (Wildman–Crippen MR) is 68.6 cm³/mol. The fourth-order valence-corrected chi connectivity index (χ4v) is 1.80. The third-order valence-electron chi connectivity index (χ3n) is 2.32. The van der Waals surface area contributed by atoms with Crippen LogP contribution in [-0.4, -0.2) is 20.8 Å². The number of sulfonamides is 1. The van der Waals surface area contributed by atoms with Gasteiger partial charge in [-0.3, -0.25) is 0 Å². The van der Waals surface area contributed by atoms with Crippen LogP contribution in [0.15, 0.2) is 24.3 Å². The summed E-state index contributed by atoms with van der Waals surface area (Å²) in [6.45, 7) is 6.31. The quantitative estimate of drug-likeness (QED) is 0.891. The van der Waals surface area contributed by atoms with Crippen molar-refractivity contribution < 1.29 is 13.2 Å². The van der Waals surface area contributed by atoms with Gasteiger partial charge >= 0.3 is 0 Å². The molecule has 0 aliphatic heterocycles. The Bertz CT molecular complexity index is 475. The number of ether oxygens (including phenoxy) is 1. The highest BCUT2D eigenvalue weighted by atomic mass is 32.2. The monoisotopic (exact) mass is 257 g/mol. The Morgan fingerprint density at radius 1 is 1.24 bits per heavy atom. The molecule has 0 atom stereocenters. The summed E-state index contributed by atoms with van der Waals surface area (Å²) >= 11 is 0. The summed E-state index contributed by atoms with van der Waals surface area (Å²) in [5.74, 6) is 0.537. The van der Waals surface area contributed by atoms with Crippen LogP contribution in [0.2, 0.25) is 0 Å². The molecule has 0 saturated heterocycles. The van der Waals surface area contributed by atoms with E-state index < -0.39 is 10.0 Å². The van der Waals surface area contributed by atoms with Crippen molar-refractivity contribution in [2.75, 3.05) is 12.4 Å². The van der Waals surface area contributed by atoms with Gasteiger partial charge in [0, 0.05) is 0 Å². The second-order valence-corrected chi connectivity index (χ2v) is 6.70. The zero-order valence-corrected chi connectivity index (χ0v) is 11.3. The molecule has 1 aromatic rings. The Kier molecular flexibility index (Phi) is 4.16. The van der Waals surface area contributed by atoms with Gasteiger partial charge in [0.15, 0.2) is 0 Å². The Morgan fingerprint density at radius 2 is 1.82 bits per heavy atom. The van der Waals surface area contributed by atoms with E-state index >= 15 is 0 Å². The maximum absolute atomic E-state index is 10.8. The lowest BCUT2D eigenvalue weighted by Gasteiger charge is -2.22. The molecule has 0 saturated carbocycles. The molecule has 0 unspecified atom stereocenters. The van der Waals surface area contributed by atoms with Crippen molar-refractivity contribution in [3.8, 4) is 5.75 Å². The summed E-state index contributed by atoms with van der Waals surface area (Å²) in [6, 6.07) is 7.62. The standard InChI is InChI=1S/C12H19NO3S/c1-12(2,3)10-6-4-5-7-11(10)16-8-9-17(13,14)15/h4-7H,8-9H2,1-3H3,(H2,13,14,15). The molecule has 2 N–H and O–H groups in total. The number of hydrogen-bond donors (Lipinski definition) is 1. The predicted octanol–water partition coefficient (Wildman–Crippen LogP) is 1.65. The lowest BCUT2D eigenvalue weighted by atomic mass is 9.86. The van der Waals surface area contributed by atoms with E-state index in [0.717, 1.165) is 5.56 Å². The maximum Gasteiger partial charge on any atom is 0.212 e. The first-order valence-corrected chi connectivity index (χ1v) is 7.14. The molecule has 0 aromatic heterocycles. The van der Waals surface area contributed by atoms with Gasteiger partial charge in [-0.2, -0.15) is 0 Å². The van der Waals surface area contributed by atoms with E-state index in [2.05, 4.69) is 20.8 Å². The van der Waals surface area contributed by atoms with E-state index in [4.69, 9.17) is 9.88 Å². The Labute approximate surface area is 103 Å². The van der Waals surface area contributed by atoms with Crippen LogP contribution < -0.4 is 9.88 Å². The number of para-hydroxylation sites is 1. The SMILES string of the molecule is CC(C)(C)c1ccccc1OCCS(N)(=O)=O. The first-order chi connectivity index (χ1) is 7.70. The van der Waals surface area contributed by atoms with Crippen molar-refractivity contribution in [2.24, 2.45) is 5.14 Å². The van der Waals surface area contributed by atoms with E-state index in [1.807, 2.05) is 24.3 Å². The fourth-order valence-electron chi connectivity index (χ4n) is 1.48. The molecule has 1 aromatic carbocycles. The molecule has 0 spiro atoms. The van der Waals surface area contributed by atoms with Crippen LogP contribution in [0.5, 0.6) is 5.75 Å². The molecule has 0 bridgehead atoms. The minimum Gasteiger partial charge on any atom is -0.492 e. The molecule has 17 heavy (non-hydrogen) atoms. The van der Waals surface area contributed by atoms with E-state index in [0.29, 0.717) is 5.75 Å². The lowest BCUT2D eigenvalue weighted by Crippen LogP contribution is -2.22. The summed E-state index contributed by atoms with van der Waals surface area (Å²) in [4.78, 5) is 0. The van der Waals surface area contributed by atoms with Crippen LogP contribution >= 0.6 is 0 Å². The summed E-state index contributed by atoms with van der Waals surface area (Å²) in [5, 5.41) is 4.92. The minimum absolute atomic E-state index is 0.0435. The second-order valence-electron chi connectivity index (χ2n) is 4.96. The van der Waals surface area contributed by atoms with Crippen molar-refractivity contribution in [3.63, 3.8) is 0 Å². The van der Waals surface area contributed by atoms with Gasteiger partial charge in [-0.1, -0.05) is 39.0 Å². The Hall–Kier alpha value is -1.07. The van der Waals surface area contributed by atoms with Gasteiger partial charge in [-0.25, -0.2) is 13.6 Å². The first-order valence-electron chi connectivity index (χ1n) is 5.43. The van der Waals surface area contributed by atoms with Gasteiger partial charge in [0.25, 0.3) is 0 Å². The van der Waals surface area contributed by atoms with Crippen LogP contribution in [0.1, 0.15) is 26.3 Å². The molecule has 0 radical (unpaired) electrons. The average molecular weight is 257 g/mol. The molecule has 0 aliphatic carbocycles. The molecular formula is C12H19NO3S. The Morgan fingerprint density at radius 3 is 2.35 bits per heavy atom. The molecular weight excluding hydrogens is 238 g/mol. The van der Waals surface area contributed by atoms with Gasteiger partial charge in [0.2, 0.25) is 10.0 Å². The highest BCUT2D eigenvalue weighted by Gasteiger charge is 2.18. The van der Waals surface area contributed by atoms with Gasteiger partial charge in [-0.15, -0.1) is 0 Å². The van der Waals surface area contributed by atoms with E-state index in [-0.39, 0.29) is 17.8 Å². The number of nitrogens with two attached hydrogens (primary N) is 1. The largest absolute Gasteiger partial charge is 0.492 e. The molecule has 96 valence electrons. The van der Waals surface area contributed by atoms with Crippen molar-refractivity contribution >= 4 is 10.0 Å². The maximum atomic E-state index is 10.8. The van der Waals surface area contributed by atoms with Crippen molar-refractivity contribution in [1.29, 1.82) is 0 Å². The van der Waals surface area contributed by atoms with Gasteiger partial charge in [-0.05, 0) is 17.0 Å². The molecule has 0 aliphatic rings. The highest BCUT2D eigenvalue weighted by molar-refractivity contribution is 7.89. The fraction of sp³-hybridized carbons (Fsp3) is 0.500. The third kappa shape index (κ3) is 4.75. The zero-order valence-electron chi connectivity index (χ0n) is 10.4. The smallest absolute Gasteiger partial charge is 0.212 e. The number of benzene rings is 1. The Balaban J connectivity index is 2.78. The normalized spacial score (nSPS) is 12.5. The van der Waals surface area contributed by atoms with E-state index in [9.17, 15) is 8.42 Å².